The molecule has 3 aromatic carbocycles. The largest absolute Gasteiger partial charge is 0.496 e. The molecule has 0 N–H and O–H groups in total. The molecule has 0 aliphatic heterocycles. The van der Waals surface area contributed by atoms with E-state index in [-0.39, 0.29) is 62.0 Å². The van der Waals surface area contributed by atoms with Crippen LogP contribution in [0, 0.1) is 0 Å². The standard InChI is InChI=1S/C35H29F3O9/c1-9-30(39)44-23-16-28(46-33(41)19(4)5)31(29(17-23)47-34(42)20(6)7)22-10-12-24(27(15-22)45-32(40)18(2)3)21-11-13-26(43-8)25(14-21)35(36,37)38/h9-17H,1-2,4,6H2,3,5,7-8H3. The third-order valence-electron chi connectivity index (χ3n) is 6.16. The minimum Gasteiger partial charge on any atom is -0.496 e. The monoisotopic (exact) mass is 650 g/mol. The lowest BCUT2D eigenvalue weighted by molar-refractivity contribution is -0.139. The number of methoxy groups -OCH3 is 1. The van der Waals surface area contributed by atoms with E-state index in [1.807, 2.05) is 0 Å². The van der Waals surface area contributed by atoms with Gasteiger partial charge in [0.15, 0.2) is 0 Å². The zero-order chi connectivity index (χ0) is 35.2. The third-order valence-corrected chi connectivity index (χ3v) is 6.16. The molecule has 47 heavy (non-hydrogen) atoms. The van der Waals surface area contributed by atoms with Crippen molar-refractivity contribution in [2.24, 2.45) is 0 Å². The molecular formula is C35H29F3O9. The van der Waals surface area contributed by atoms with Gasteiger partial charge in [0.05, 0.1) is 18.2 Å². The average molecular weight is 651 g/mol. The van der Waals surface area contributed by atoms with E-state index in [1.165, 1.54) is 45.0 Å². The summed E-state index contributed by atoms with van der Waals surface area (Å²) < 4.78 is 68.3. The first-order valence-electron chi connectivity index (χ1n) is 13.5. The van der Waals surface area contributed by atoms with Crippen LogP contribution in [0.5, 0.6) is 28.7 Å². The molecule has 0 atom stereocenters. The highest BCUT2D eigenvalue weighted by Gasteiger charge is 2.35. The Hall–Kier alpha value is -5.91. The van der Waals surface area contributed by atoms with E-state index in [4.69, 9.17) is 23.7 Å². The van der Waals surface area contributed by atoms with E-state index in [9.17, 15) is 32.3 Å². The third kappa shape index (κ3) is 8.63. The summed E-state index contributed by atoms with van der Waals surface area (Å²) in [6.45, 7) is 18.1. The Morgan fingerprint density at radius 3 is 1.60 bits per heavy atom. The van der Waals surface area contributed by atoms with E-state index in [0.29, 0.717) is 0 Å². The molecule has 12 heteroatoms. The first kappa shape index (κ1) is 35.6. The highest BCUT2D eigenvalue weighted by atomic mass is 19.4. The van der Waals surface area contributed by atoms with Crippen LogP contribution in [0.3, 0.4) is 0 Å². The van der Waals surface area contributed by atoms with Crippen LogP contribution in [0.25, 0.3) is 22.3 Å². The van der Waals surface area contributed by atoms with Crippen LogP contribution in [0.1, 0.15) is 26.3 Å². The van der Waals surface area contributed by atoms with Gasteiger partial charge in [-0.25, -0.2) is 19.2 Å². The molecule has 0 amide bonds. The number of rotatable bonds is 11. The number of alkyl halides is 3. The van der Waals surface area contributed by atoms with E-state index < -0.39 is 41.4 Å². The number of benzene rings is 3. The van der Waals surface area contributed by atoms with Gasteiger partial charge in [-0.1, -0.05) is 44.5 Å². The molecule has 0 radical (unpaired) electrons. The molecule has 3 rings (SSSR count). The Bertz CT molecular complexity index is 1790. The summed E-state index contributed by atoms with van der Waals surface area (Å²) in [5, 5.41) is 0. The summed E-state index contributed by atoms with van der Waals surface area (Å²) in [6.07, 6.45) is -3.91. The van der Waals surface area contributed by atoms with Crippen LogP contribution in [-0.4, -0.2) is 31.0 Å². The van der Waals surface area contributed by atoms with Crippen molar-refractivity contribution >= 4 is 23.9 Å². The van der Waals surface area contributed by atoms with Crippen molar-refractivity contribution in [2.75, 3.05) is 7.11 Å². The number of hydrogen-bond donors (Lipinski definition) is 0. The van der Waals surface area contributed by atoms with Gasteiger partial charge in [-0.15, -0.1) is 0 Å². The zero-order valence-electron chi connectivity index (χ0n) is 25.8. The first-order valence-corrected chi connectivity index (χ1v) is 13.5. The maximum Gasteiger partial charge on any atom is 0.419 e. The molecule has 0 aliphatic rings. The molecule has 0 bridgehead atoms. The minimum absolute atomic E-state index is 0.00347. The van der Waals surface area contributed by atoms with Crippen molar-refractivity contribution in [3.63, 3.8) is 0 Å². The second-order valence-electron chi connectivity index (χ2n) is 10.1. The zero-order valence-corrected chi connectivity index (χ0v) is 25.8. The molecule has 0 aliphatic carbocycles. The average Bonchev–Trinajstić information content (AvgIpc) is 2.99. The predicted octanol–water partition coefficient (Wildman–Crippen LogP) is 7.58. The summed E-state index contributed by atoms with van der Waals surface area (Å²) in [5.74, 6) is -5.04. The van der Waals surface area contributed by atoms with Crippen LogP contribution in [0.2, 0.25) is 0 Å². The van der Waals surface area contributed by atoms with Gasteiger partial charge in [-0.2, -0.15) is 13.2 Å². The van der Waals surface area contributed by atoms with E-state index in [2.05, 4.69) is 26.3 Å². The summed E-state index contributed by atoms with van der Waals surface area (Å²) >= 11 is 0. The molecule has 9 nitrogen and oxygen atoms in total. The van der Waals surface area contributed by atoms with Gasteiger partial charge >= 0.3 is 30.1 Å². The first-order chi connectivity index (χ1) is 22.0. The second-order valence-corrected chi connectivity index (χ2v) is 10.1. The molecule has 0 spiro atoms. The molecule has 3 aromatic rings. The highest BCUT2D eigenvalue weighted by Crippen LogP contribution is 2.46. The minimum atomic E-state index is -4.78. The van der Waals surface area contributed by atoms with Gasteiger partial charge < -0.3 is 23.7 Å². The lowest BCUT2D eigenvalue weighted by Gasteiger charge is -2.19. The van der Waals surface area contributed by atoms with Gasteiger partial charge in [0.25, 0.3) is 0 Å². The van der Waals surface area contributed by atoms with Crippen LogP contribution >= 0.6 is 0 Å². The van der Waals surface area contributed by atoms with Gasteiger partial charge in [-0.3, -0.25) is 0 Å². The Morgan fingerprint density at radius 1 is 0.660 bits per heavy atom. The molecule has 0 fully saturated rings. The van der Waals surface area contributed by atoms with Crippen LogP contribution in [0.4, 0.5) is 13.2 Å². The number of esters is 4. The molecule has 244 valence electrons. The normalized spacial score (nSPS) is 10.7. The van der Waals surface area contributed by atoms with Crippen molar-refractivity contribution in [1.82, 2.24) is 0 Å². The number of ether oxygens (including phenoxy) is 5. The summed E-state index contributed by atoms with van der Waals surface area (Å²) in [5.41, 5.74) is -1.06. The van der Waals surface area contributed by atoms with Crippen molar-refractivity contribution in [3.8, 4) is 51.0 Å². The smallest absolute Gasteiger partial charge is 0.419 e. The van der Waals surface area contributed by atoms with Gasteiger partial charge in [0, 0.05) is 40.5 Å². The maximum absolute atomic E-state index is 13.9. The van der Waals surface area contributed by atoms with Crippen molar-refractivity contribution in [2.45, 2.75) is 26.9 Å². The fraction of sp³-hybridized carbons (Fsp3) is 0.143. The van der Waals surface area contributed by atoms with E-state index >= 15 is 0 Å². The molecule has 0 saturated carbocycles. The van der Waals surface area contributed by atoms with Crippen LogP contribution in [-0.2, 0) is 25.4 Å². The van der Waals surface area contributed by atoms with Crippen molar-refractivity contribution < 1.29 is 56.0 Å². The Balaban J connectivity index is 2.41. The number of carbonyl (C=O) groups excluding carboxylic acids is 4. The van der Waals surface area contributed by atoms with Crippen molar-refractivity contribution in [1.29, 1.82) is 0 Å². The quantitative estimate of drug-likeness (QED) is 0.118. The van der Waals surface area contributed by atoms with E-state index in [0.717, 1.165) is 37.5 Å². The topological polar surface area (TPSA) is 114 Å². The summed E-state index contributed by atoms with van der Waals surface area (Å²) in [7, 11) is 1.10. The highest BCUT2D eigenvalue weighted by molar-refractivity contribution is 5.95. The van der Waals surface area contributed by atoms with Gasteiger partial charge in [0.1, 0.15) is 28.7 Å². The fourth-order valence-electron chi connectivity index (χ4n) is 3.89. The number of carbonyl (C=O) groups is 4. The molecule has 0 heterocycles. The van der Waals surface area contributed by atoms with Crippen LogP contribution in [0.15, 0.2) is 97.6 Å². The molecule has 0 saturated heterocycles. The fourth-order valence-corrected chi connectivity index (χ4v) is 3.89. The molecule has 0 aromatic heterocycles. The van der Waals surface area contributed by atoms with E-state index in [1.54, 1.807) is 0 Å². The van der Waals surface area contributed by atoms with Crippen molar-refractivity contribution in [3.05, 3.63) is 103 Å². The number of halogens is 3. The number of hydrogen-bond acceptors (Lipinski definition) is 9. The van der Waals surface area contributed by atoms with Crippen LogP contribution < -0.4 is 23.7 Å². The summed E-state index contributed by atoms with van der Waals surface area (Å²) in [6, 6.07) is 9.59. The lowest BCUT2D eigenvalue weighted by atomic mass is 9.96. The van der Waals surface area contributed by atoms with Gasteiger partial charge in [-0.05, 0) is 50.1 Å². The second kappa shape index (κ2) is 14.5. The SMILES string of the molecule is C=CC(=O)Oc1cc(OC(=O)C(=C)C)c(-c2ccc(-c3ccc(OC)c(C(F)(F)F)c3)c(OC(=O)C(=C)C)c2)c(OC(=O)C(=C)C)c1. The Morgan fingerprint density at radius 2 is 1.15 bits per heavy atom. The summed E-state index contributed by atoms with van der Waals surface area (Å²) in [4.78, 5) is 50.0. The molecule has 0 unspecified atom stereocenters. The predicted molar refractivity (Wildman–Crippen MR) is 166 cm³/mol. The van der Waals surface area contributed by atoms with Gasteiger partial charge in [0.2, 0.25) is 0 Å². The Kier molecular flexibility index (Phi) is 10.9. The Labute approximate surface area is 268 Å². The lowest BCUT2D eigenvalue weighted by Crippen LogP contribution is -2.13. The molecular weight excluding hydrogens is 621 g/mol. The maximum atomic E-state index is 13.9.